The summed E-state index contributed by atoms with van der Waals surface area (Å²) in [5.74, 6) is 0. The zero-order valence-corrected chi connectivity index (χ0v) is 16.5. The molecule has 6 heteroatoms. The fourth-order valence-corrected chi connectivity index (χ4v) is 3.74. The maximum Gasteiger partial charge on any atom is 0.170 e. The van der Waals surface area contributed by atoms with E-state index in [1.165, 1.54) is 31.2 Å². The molecule has 1 aliphatic rings. The molecule has 0 radical (unpaired) electrons. The smallest absolute Gasteiger partial charge is 0.170 e. The molecule has 1 aromatic heterocycles. The van der Waals surface area contributed by atoms with Crippen molar-refractivity contribution >= 4 is 38.9 Å². The third-order valence-electron chi connectivity index (χ3n) is 4.50. The van der Waals surface area contributed by atoms with Crippen molar-refractivity contribution in [2.45, 2.75) is 52.1 Å². The van der Waals surface area contributed by atoms with E-state index in [0.29, 0.717) is 11.2 Å². The Morgan fingerprint density at radius 2 is 2.08 bits per heavy atom. The lowest BCUT2D eigenvalue weighted by atomic mass is 10.2. The number of anilines is 1. The molecule has 1 aromatic carbocycles. The summed E-state index contributed by atoms with van der Waals surface area (Å²) in [4.78, 5) is 0. The van der Waals surface area contributed by atoms with Crippen molar-refractivity contribution in [2.75, 3.05) is 5.32 Å². The number of hydrogen-bond acceptors (Lipinski definition) is 2. The summed E-state index contributed by atoms with van der Waals surface area (Å²) < 4.78 is 3.10. The molecule has 0 saturated heterocycles. The summed E-state index contributed by atoms with van der Waals surface area (Å²) in [6.07, 6.45) is 5.03. The van der Waals surface area contributed by atoms with Gasteiger partial charge in [-0.2, -0.15) is 5.10 Å². The molecular formula is C18H23BrN4S. The monoisotopic (exact) mass is 406 g/mol. The van der Waals surface area contributed by atoms with Gasteiger partial charge in [0.15, 0.2) is 5.11 Å². The maximum absolute atomic E-state index is 5.44. The first-order chi connectivity index (χ1) is 11.5. The van der Waals surface area contributed by atoms with Gasteiger partial charge in [-0.1, -0.05) is 25.0 Å². The molecule has 1 fully saturated rings. The topological polar surface area (TPSA) is 41.9 Å². The first kappa shape index (κ1) is 17.4. The molecule has 2 aromatic rings. The quantitative estimate of drug-likeness (QED) is 0.731. The third kappa shape index (κ3) is 4.16. The van der Waals surface area contributed by atoms with Crippen molar-refractivity contribution in [2.24, 2.45) is 0 Å². The molecule has 1 heterocycles. The third-order valence-corrected chi connectivity index (χ3v) is 5.87. The summed E-state index contributed by atoms with van der Waals surface area (Å²) >= 11 is 9.02. The second-order valence-electron chi connectivity index (χ2n) is 6.42. The van der Waals surface area contributed by atoms with Gasteiger partial charge in [0.05, 0.1) is 22.4 Å². The van der Waals surface area contributed by atoms with Gasteiger partial charge in [0, 0.05) is 11.7 Å². The van der Waals surface area contributed by atoms with Gasteiger partial charge < -0.3 is 10.6 Å². The van der Waals surface area contributed by atoms with Gasteiger partial charge >= 0.3 is 0 Å². The molecule has 1 saturated carbocycles. The van der Waals surface area contributed by atoms with Gasteiger partial charge in [-0.25, -0.2) is 0 Å². The van der Waals surface area contributed by atoms with Crippen LogP contribution in [0.15, 0.2) is 28.7 Å². The Morgan fingerprint density at radius 1 is 1.33 bits per heavy atom. The zero-order valence-electron chi connectivity index (χ0n) is 14.1. The van der Waals surface area contributed by atoms with Crippen LogP contribution in [0.3, 0.4) is 0 Å². The first-order valence-electron chi connectivity index (χ1n) is 8.39. The molecular weight excluding hydrogens is 384 g/mol. The van der Waals surface area contributed by atoms with Crippen molar-refractivity contribution in [1.82, 2.24) is 15.1 Å². The molecule has 0 spiro atoms. The molecule has 3 rings (SSSR count). The highest BCUT2D eigenvalue weighted by atomic mass is 79.9. The summed E-state index contributed by atoms with van der Waals surface area (Å²) in [5, 5.41) is 12.0. The summed E-state index contributed by atoms with van der Waals surface area (Å²) in [6.45, 7) is 4.84. The van der Waals surface area contributed by atoms with Crippen LogP contribution in [-0.2, 0) is 6.54 Å². The number of aryl methyl sites for hydroxylation is 1. The molecule has 0 atom stereocenters. The first-order valence-corrected chi connectivity index (χ1v) is 9.59. The van der Waals surface area contributed by atoms with Gasteiger partial charge in [0.1, 0.15) is 0 Å². The van der Waals surface area contributed by atoms with E-state index < -0.39 is 0 Å². The van der Waals surface area contributed by atoms with Gasteiger partial charge in [0.2, 0.25) is 0 Å². The van der Waals surface area contributed by atoms with E-state index in [1.807, 2.05) is 17.7 Å². The number of aromatic nitrogens is 2. The van der Waals surface area contributed by atoms with Crippen LogP contribution in [0, 0.1) is 13.8 Å². The van der Waals surface area contributed by atoms with Crippen LogP contribution in [0.4, 0.5) is 5.69 Å². The molecule has 1 aliphatic carbocycles. The van der Waals surface area contributed by atoms with Crippen LogP contribution in [0.25, 0.3) is 0 Å². The van der Waals surface area contributed by atoms with Crippen LogP contribution in [0.2, 0.25) is 0 Å². The van der Waals surface area contributed by atoms with Gasteiger partial charge in [-0.05, 0) is 72.5 Å². The standard InChI is InChI=1S/C18H23BrN4S/c1-12-17(19)13(2)23(22-12)11-14-6-5-9-16(10-14)21-18(24)20-15-7-3-4-8-15/h5-6,9-10,15H,3-4,7-8,11H2,1-2H3,(H2,20,21,24). The van der Waals surface area contributed by atoms with Gasteiger partial charge in [-0.15, -0.1) is 0 Å². The lowest BCUT2D eigenvalue weighted by Gasteiger charge is -2.16. The number of rotatable bonds is 4. The highest BCUT2D eigenvalue weighted by Gasteiger charge is 2.15. The van der Waals surface area contributed by atoms with Crippen molar-refractivity contribution in [3.63, 3.8) is 0 Å². The Morgan fingerprint density at radius 3 is 2.75 bits per heavy atom. The average molecular weight is 407 g/mol. The number of nitrogens with zero attached hydrogens (tertiary/aromatic N) is 2. The van der Waals surface area contributed by atoms with Crippen molar-refractivity contribution in [1.29, 1.82) is 0 Å². The zero-order chi connectivity index (χ0) is 17.1. The minimum absolute atomic E-state index is 0.528. The van der Waals surface area contributed by atoms with Crippen molar-refractivity contribution in [3.05, 3.63) is 45.7 Å². The Balaban J connectivity index is 1.65. The number of hydrogen-bond donors (Lipinski definition) is 2. The van der Waals surface area contributed by atoms with Crippen LogP contribution in [0.5, 0.6) is 0 Å². The minimum Gasteiger partial charge on any atom is -0.360 e. The second-order valence-corrected chi connectivity index (χ2v) is 7.62. The highest BCUT2D eigenvalue weighted by molar-refractivity contribution is 9.10. The fourth-order valence-electron chi connectivity index (χ4n) is 3.17. The number of halogens is 1. The Hall–Kier alpha value is -1.40. The van der Waals surface area contributed by atoms with Crippen molar-refractivity contribution < 1.29 is 0 Å². The SMILES string of the molecule is Cc1nn(Cc2cccc(NC(=S)NC3CCCC3)c2)c(C)c1Br. The predicted octanol–water partition coefficient (Wildman–Crippen LogP) is 4.54. The van der Waals surface area contributed by atoms with E-state index in [9.17, 15) is 0 Å². The van der Waals surface area contributed by atoms with Gasteiger partial charge in [0.25, 0.3) is 0 Å². The molecule has 0 aliphatic heterocycles. The number of nitrogens with one attached hydrogen (secondary N) is 2. The Kier molecular flexibility index (Phi) is 5.56. The Bertz CT molecular complexity index is 735. The largest absolute Gasteiger partial charge is 0.360 e. The van der Waals surface area contributed by atoms with E-state index in [-0.39, 0.29) is 0 Å². The Labute approximate surface area is 157 Å². The fraction of sp³-hybridized carbons (Fsp3) is 0.444. The summed E-state index contributed by atoms with van der Waals surface area (Å²) in [5.41, 5.74) is 4.37. The summed E-state index contributed by atoms with van der Waals surface area (Å²) in [7, 11) is 0. The maximum atomic E-state index is 5.44. The predicted molar refractivity (Wildman–Crippen MR) is 107 cm³/mol. The molecule has 0 unspecified atom stereocenters. The van der Waals surface area contributed by atoms with E-state index >= 15 is 0 Å². The van der Waals surface area contributed by atoms with E-state index in [2.05, 4.69) is 56.8 Å². The number of benzene rings is 1. The highest BCUT2D eigenvalue weighted by Crippen LogP contribution is 2.21. The average Bonchev–Trinajstić information content (AvgIpc) is 3.13. The molecule has 128 valence electrons. The van der Waals surface area contributed by atoms with E-state index in [1.54, 1.807) is 0 Å². The molecule has 4 nitrogen and oxygen atoms in total. The van der Waals surface area contributed by atoms with Crippen LogP contribution >= 0.6 is 28.1 Å². The van der Waals surface area contributed by atoms with E-state index in [4.69, 9.17) is 12.2 Å². The van der Waals surface area contributed by atoms with Crippen LogP contribution in [0.1, 0.15) is 42.6 Å². The lowest BCUT2D eigenvalue weighted by molar-refractivity contribution is 0.634. The lowest BCUT2D eigenvalue weighted by Crippen LogP contribution is -2.35. The van der Waals surface area contributed by atoms with Gasteiger partial charge in [-0.3, -0.25) is 4.68 Å². The number of thiocarbonyl (C=S) groups is 1. The van der Waals surface area contributed by atoms with Crippen LogP contribution in [-0.4, -0.2) is 20.9 Å². The van der Waals surface area contributed by atoms with Crippen molar-refractivity contribution in [3.8, 4) is 0 Å². The molecule has 0 bridgehead atoms. The summed E-state index contributed by atoms with van der Waals surface area (Å²) in [6, 6.07) is 8.87. The second kappa shape index (κ2) is 7.66. The van der Waals surface area contributed by atoms with Crippen LogP contribution < -0.4 is 10.6 Å². The van der Waals surface area contributed by atoms with E-state index in [0.717, 1.165) is 28.1 Å². The normalized spacial score (nSPS) is 14.8. The molecule has 2 N–H and O–H groups in total. The minimum atomic E-state index is 0.528. The molecule has 0 amide bonds. The molecule has 24 heavy (non-hydrogen) atoms.